The fourth-order valence-corrected chi connectivity index (χ4v) is 1.73. The molecule has 4 nitrogen and oxygen atoms in total. The van der Waals surface area contributed by atoms with Crippen LogP contribution < -0.4 is 5.32 Å². The summed E-state index contributed by atoms with van der Waals surface area (Å²) in [6.45, 7) is 1.64. The van der Waals surface area contributed by atoms with Gasteiger partial charge in [0.2, 0.25) is 0 Å². The summed E-state index contributed by atoms with van der Waals surface area (Å²) in [7, 11) is 3.38. The molecule has 13 heavy (non-hydrogen) atoms. The fraction of sp³-hybridized carbons (Fsp3) is 1.00. The second kappa shape index (κ2) is 4.91. The van der Waals surface area contributed by atoms with E-state index in [0.29, 0.717) is 12.7 Å². The van der Waals surface area contributed by atoms with E-state index in [1.807, 2.05) is 0 Å². The van der Waals surface area contributed by atoms with Crippen molar-refractivity contribution < 1.29 is 14.6 Å². The van der Waals surface area contributed by atoms with Gasteiger partial charge in [-0.3, -0.25) is 0 Å². The number of rotatable bonds is 6. The van der Waals surface area contributed by atoms with Crippen molar-refractivity contribution in [1.29, 1.82) is 0 Å². The molecule has 0 saturated heterocycles. The van der Waals surface area contributed by atoms with E-state index in [0.717, 1.165) is 19.4 Å². The minimum Gasteiger partial charge on any atom is -0.394 e. The molecule has 0 amide bonds. The third kappa shape index (κ3) is 2.64. The van der Waals surface area contributed by atoms with Crippen LogP contribution in [0, 0.1) is 0 Å². The normalized spacial score (nSPS) is 33.0. The molecule has 0 aromatic rings. The van der Waals surface area contributed by atoms with E-state index >= 15 is 0 Å². The van der Waals surface area contributed by atoms with E-state index in [4.69, 9.17) is 9.47 Å². The molecule has 0 aromatic carbocycles. The van der Waals surface area contributed by atoms with Gasteiger partial charge in [0.15, 0.2) is 0 Å². The summed E-state index contributed by atoms with van der Waals surface area (Å²) in [4.78, 5) is 0. The van der Waals surface area contributed by atoms with Crippen molar-refractivity contribution in [3.63, 3.8) is 0 Å². The molecule has 0 aromatic heterocycles. The molecule has 78 valence electrons. The number of hydrogen-bond acceptors (Lipinski definition) is 4. The Kier molecular flexibility index (Phi) is 4.12. The molecule has 0 unspecified atom stereocenters. The highest BCUT2D eigenvalue weighted by Gasteiger charge is 2.43. The van der Waals surface area contributed by atoms with Crippen LogP contribution >= 0.6 is 0 Å². The van der Waals surface area contributed by atoms with Crippen LogP contribution in [0.25, 0.3) is 0 Å². The van der Waals surface area contributed by atoms with Crippen LogP contribution in [0.1, 0.15) is 12.8 Å². The van der Waals surface area contributed by atoms with Gasteiger partial charge in [0, 0.05) is 26.3 Å². The Labute approximate surface area is 79.2 Å². The molecule has 1 rings (SSSR count). The first-order valence-corrected chi connectivity index (χ1v) is 4.64. The van der Waals surface area contributed by atoms with Crippen molar-refractivity contribution in [3.8, 4) is 0 Å². The Balaban J connectivity index is 2.20. The minimum absolute atomic E-state index is 0.112. The van der Waals surface area contributed by atoms with E-state index in [2.05, 4.69) is 5.32 Å². The lowest BCUT2D eigenvalue weighted by Crippen LogP contribution is -2.61. The molecule has 1 aliphatic carbocycles. The Bertz CT molecular complexity index is 146. The maximum atomic E-state index is 9.19. The van der Waals surface area contributed by atoms with Gasteiger partial charge in [0.25, 0.3) is 0 Å². The van der Waals surface area contributed by atoms with Gasteiger partial charge in [0.05, 0.1) is 19.3 Å². The number of nitrogens with one attached hydrogen (secondary N) is 1. The van der Waals surface area contributed by atoms with Crippen LogP contribution in [-0.2, 0) is 9.47 Å². The lowest BCUT2D eigenvalue weighted by molar-refractivity contribution is -0.0539. The predicted molar refractivity (Wildman–Crippen MR) is 49.7 cm³/mol. The monoisotopic (exact) mass is 189 g/mol. The summed E-state index contributed by atoms with van der Waals surface area (Å²) in [6, 6.07) is 0. The zero-order valence-corrected chi connectivity index (χ0v) is 8.38. The SMILES string of the molecule is COCCNC1(CO)CC(OC)C1. The van der Waals surface area contributed by atoms with E-state index < -0.39 is 0 Å². The quantitative estimate of drug-likeness (QED) is 0.566. The molecule has 0 bridgehead atoms. The molecule has 1 fully saturated rings. The molecule has 0 spiro atoms. The van der Waals surface area contributed by atoms with Gasteiger partial charge in [-0.1, -0.05) is 0 Å². The summed E-state index contributed by atoms with van der Waals surface area (Å²) < 4.78 is 10.1. The zero-order valence-electron chi connectivity index (χ0n) is 8.38. The summed E-state index contributed by atoms with van der Waals surface area (Å²) >= 11 is 0. The van der Waals surface area contributed by atoms with Crippen molar-refractivity contribution in [2.75, 3.05) is 34.0 Å². The van der Waals surface area contributed by atoms with Crippen molar-refractivity contribution in [1.82, 2.24) is 5.32 Å². The molecular formula is C9H19NO3. The van der Waals surface area contributed by atoms with E-state index in [9.17, 15) is 5.11 Å². The lowest BCUT2D eigenvalue weighted by atomic mass is 9.74. The fourth-order valence-electron chi connectivity index (χ4n) is 1.73. The van der Waals surface area contributed by atoms with Crippen LogP contribution in [0.2, 0.25) is 0 Å². The molecule has 4 heteroatoms. The minimum atomic E-state index is -0.112. The number of methoxy groups -OCH3 is 2. The van der Waals surface area contributed by atoms with Crippen LogP contribution in [0.5, 0.6) is 0 Å². The van der Waals surface area contributed by atoms with Crippen molar-refractivity contribution in [2.45, 2.75) is 24.5 Å². The smallest absolute Gasteiger partial charge is 0.0615 e. The van der Waals surface area contributed by atoms with Gasteiger partial charge in [-0.05, 0) is 12.8 Å². The van der Waals surface area contributed by atoms with E-state index in [-0.39, 0.29) is 12.1 Å². The molecule has 0 heterocycles. The van der Waals surface area contributed by atoms with E-state index in [1.54, 1.807) is 14.2 Å². The Morgan fingerprint density at radius 3 is 2.62 bits per heavy atom. The van der Waals surface area contributed by atoms with Crippen molar-refractivity contribution in [3.05, 3.63) is 0 Å². The van der Waals surface area contributed by atoms with Gasteiger partial charge in [-0.15, -0.1) is 0 Å². The first kappa shape index (κ1) is 10.9. The Morgan fingerprint density at radius 1 is 1.46 bits per heavy atom. The third-order valence-electron chi connectivity index (χ3n) is 2.68. The van der Waals surface area contributed by atoms with Crippen LogP contribution in [-0.4, -0.2) is 50.7 Å². The standard InChI is InChI=1S/C9H19NO3/c1-12-4-3-10-9(7-11)5-8(6-9)13-2/h8,10-11H,3-7H2,1-2H3. The summed E-state index contributed by atoms with van der Waals surface area (Å²) in [5, 5.41) is 12.5. The number of aliphatic hydroxyl groups is 1. The molecule has 0 radical (unpaired) electrons. The van der Waals surface area contributed by atoms with Gasteiger partial charge in [-0.25, -0.2) is 0 Å². The Hall–Kier alpha value is -0.160. The number of hydrogen-bond donors (Lipinski definition) is 2. The molecule has 0 aliphatic heterocycles. The summed E-state index contributed by atoms with van der Waals surface area (Å²) in [6.07, 6.45) is 2.09. The lowest BCUT2D eigenvalue weighted by Gasteiger charge is -2.46. The highest BCUT2D eigenvalue weighted by molar-refractivity contribution is 5.01. The average Bonchev–Trinajstić information content (AvgIpc) is 2.09. The summed E-state index contributed by atoms with van der Waals surface area (Å²) in [5.41, 5.74) is -0.112. The number of ether oxygens (including phenoxy) is 2. The Morgan fingerprint density at radius 2 is 2.15 bits per heavy atom. The van der Waals surface area contributed by atoms with Gasteiger partial charge in [-0.2, -0.15) is 0 Å². The average molecular weight is 189 g/mol. The van der Waals surface area contributed by atoms with Gasteiger partial charge in [0.1, 0.15) is 0 Å². The van der Waals surface area contributed by atoms with Crippen LogP contribution in [0.15, 0.2) is 0 Å². The third-order valence-corrected chi connectivity index (χ3v) is 2.68. The first-order chi connectivity index (χ1) is 6.26. The molecular weight excluding hydrogens is 170 g/mol. The second-order valence-corrected chi connectivity index (χ2v) is 3.62. The highest BCUT2D eigenvalue weighted by atomic mass is 16.5. The first-order valence-electron chi connectivity index (χ1n) is 4.64. The maximum Gasteiger partial charge on any atom is 0.0615 e. The van der Waals surface area contributed by atoms with Crippen LogP contribution in [0.4, 0.5) is 0 Å². The molecule has 0 atom stereocenters. The number of aliphatic hydroxyl groups excluding tert-OH is 1. The second-order valence-electron chi connectivity index (χ2n) is 3.62. The zero-order chi connectivity index (χ0) is 9.73. The highest BCUT2D eigenvalue weighted by Crippen LogP contribution is 2.33. The molecule has 1 saturated carbocycles. The van der Waals surface area contributed by atoms with E-state index in [1.165, 1.54) is 0 Å². The summed E-state index contributed by atoms with van der Waals surface area (Å²) in [5.74, 6) is 0. The van der Waals surface area contributed by atoms with Gasteiger partial charge < -0.3 is 19.9 Å². The van der Waals surface area contributed by atoms with Gasteiger partial charge >= 0.3 is 0 Å². The van der Waals surface area contributed by atoms with Crippen molar-refractivity contribution >= 4 is 0 Å². The van der Waals surface area contributed by atoms with Crippen molar-refractivity contribution in [2.24, 2.45) is 0 Å². The molecule has 2 N–H and O–H groups in total. The largest absolute Gasteiger partial charge is 0.394 e. The predicted octanol–water partition coefficient (Wildman–Crippen LogP) is -0.238. The maximum absolute atomic E-state index is 9.19. The molecule has 1 aliphatic rings. The van der Waals surface area contributed by atoms with Crippen LogP contribution in [0.3, 0.4) is 0 Å². The topological polar surface area (TPSA) is 50.7 Å².